The maximum Gasteiger partial charge on any atom is 0.303 e. The molecule has 0 heterocycles. The van der Waals surface area contributed by atoms with Gasteiger partial charge in [0, 0.05) is 77.0 Å². The summed E-state index contributed by atoms with van der Waals surface area (Å²) in [5, 5.41) is 115. The third-order valence-electron chi connectivity index (χ3n) is 18.2. The minimum atomic E-state index is -0.670. The van der Waals surface area contributed by atoms with E-state index in [0.29, 0.717) is 77.0 Å². The van der Waals surface area contributed by atoms with Crippen molar-refractivity contribution in [1.29, 1.82) is 0 Å². The van der Waals surface area contributed by atoms with Gasteiger partial charge in [-0.25, -0.2) is 0 Å². The maximum absolute atomic E-state index is 10.0. The van der Waals surface area contributed by atoms with Crippen LogP contribution in [0.3, 0.4) is 0 Å². The second-order valence-corrected chi connectivity index (χ2v) is 31.7. The molecular formula is C99H200O26. The minimum absolute atomic E-state index is 0.139. The summed E-state index contributed by atoms with van der Waals surface area (Å²) >= 11 is 0. The molecule has 0 rings (SSSR count). The topological polar surface area (TPSA) is 488 Å². The fourth-order valence-corrected chi connectivity index (χ4v) is 10.6. The standard InChI is InChI=1S/12C8H16O2.C3H8O2/c12*1-2-3-4-5-6-7-8(9)10;1-3(5)2-4/h12*2-7H2,1H3,(H,9,10);3-5H,2H2,1H3. The molecule has 0 spiro atoms. The van der Waals surface area contributed by atoms with Gasteiger partial charge in [0.2, 0.25) is 0 Å². The van der Waals surface area contributed by atoms with Crippen LogP contribution in [-0.2, 0) is 57.5 Å². The molecule has 26 heteroatoms. The normalized spacial score (nSPS) is 9.91. The molecule has 0 aliphatic heterocycles. The van der Waals surface area contributed by atoms with Crippen molar-refractivity contribution < 1.29 is 129 Å². The van der Waals surface area contributed by atoms with Crippen molar-refractivity contribution in [3.8, 4) is 0 Å². The molecule has 0 aromatic heterocycles. The first kappa shape index (κ1) is 147. The van der Waals surface area contributed by atoms with Crippen molar-refractivity contribution in [1.82, 2.24) is 0 Å². The van der Waals surface area contributed by atoms with E-state index in [1.807, 2.05) is 0 Å². The summed E-state index contributed by atoms with van der Waals surface area (Å²) in [6.45, 7) is 27.2. The van der Waals surface area contributed by atoms with Crippen molar-refractivity contribution in [3.63, 3.8) is 0 Å². The van der Waals surface area contributed by atoms with Gasteiger partial charge in [0.25, 0.3) is 0 Å². The van der Waals surface area contributed by atoms with Crippen molar-refractivity contribution >= 4 is 71.6 Å². The first-order chi connectivity index (χ1) is 59.5. The average molecular weight is 1810 g/mol. The predicted molar refractivity (Wildman–Crippen MR) is 511 cm³/mol. The fraction of sp³-hybridized carbons (Fsp3) is 0.879. The summed E-state index contributed by atoms with van der Waals surface area (Å²) in [4.78, 5) is 120. The zero-order valence-corrected chi connectivity index (χ0v) is 82.4. The number of carboxylic acids is 12. The summed E-state index contributed by atoms with van der Waals surface area (Å²) in [5.41, 5.74) is 0. The number of hydrogen-bond donors (Lipinski definition) is 14. The van der Waals surface area contributed by atoms with Crippen LogP contribution in [0.1, 0.15) is 552 Å². The lowest BCUT2D eigenvalue weighted by molar-refractivity contribution is -0.138. The van der Waals surface area contributed by atoms with Gasteiger partial charge in [-0.1, -0.05) is 391 Å². The quantitative estimate of drug-likeness (QED) is 0.0252. The highest BCUT2D eigenvalue weighted by atomic mass is 16.4. The van der Waals surface area contributed by atoms with Gasteiger partial charge in [-0.05, 0) is 84.0 Å². The Morgan fingerprint density at radius 2 is 0.200 bits per heavy atom. The summed E-state index contributed by atoms with van der Waals surface area (Å²) in [5.74, 6) is -8.04. The van der Waals surface area contributed by atoms with Gasteiger partial charge < -0.3 is 71.5 Å². The zero-order chi connectivity index (χ0) is 98.1. The van der Waals surface area contributed by atoms with Crippen LogP contribution in [-0.4, -0.2) is 156 Å². The molecule has 0 aliphatic rings. The second kappa shape index (κ2) is 143. The highest BCUT2D eigenvalue weighted by molar-refractivity contribution is 5.69. The summed E-state index contributed by atoms with van der Waals surface area (Å²) in [6, 6.07) is 0. The minimum Gasteiger partial charge on any atom is -0.481 e. The molecule has 0 aromatic rings. The number of aliphatic hydroxyl groups excluding tert-OH is 2. The molecule has 14 N–H and O–H groups in total. The van der Waals surface area contributed by atoms with E-state index in [1.165, 1.54) is 238 Å². The van der Waals surface area contributed by atoms with Crippen LogP contribution in [0.15, 0.2) is 0 Å². The van der Waals surface area contributed by atoms with Gasteiger partial charge in [-0.15, -0.1) is 0 Å². The smallest absolute Gasteiger partial charge is 0.303 e. The van der Waals surface area contributed by atoms with E-state index < -0.39 is 77.7 Å². The fourth-order valence-electron chi connectivity index (χ4n) is 10.6. The van der Waals surface area contributed by atoms with E-state index in [4.69, 9.17) is 71.5 Å². The lowest BCUT2D eigenvalue weighted by Gasteiger charge is -1.95. The van der Waals surface area contributed by atoms with Crippen LogP contribution in [0.25, 0.3) is 0 Å². The number of hydrogen-bond acceptors (Lipinski definition) is 14. The molecular weight excluding hydrogens is 1610 g/mol. The van der Waals surface area contributed by atoms with Gasteiger partial charge >= 0.3 is 71.6 Å². The van der Waals surface area contributed by atoms with E-state index in [1.54, 1.807) is 0 Å². The molecule has 0 saturated heterocycles. The Labute approximate surface area is 762 Å². The number of carbonyl (C=O) groups is 12. The SMILES string of the molecule is CC(O)CO.CCCCCCCC(=O)O.CCCCCCCC(=O)O.CCCCCCCC(=O)O.CCCCCCCC(=O)O.CCCCCCCC(=O)O.CCCCCCCC(=O)O.CCCCCCCC(=O)O.CCCCCCCC(=O)O.CCCCCCCC(=O)O.CCCCCCCC(=O)O.CCCCCCCC(=O)O.CCCCCCCC(=O)O. The lowest BCUT2D eigenvalue weighted by atomic mass is 10.1. The highest BCUT2D eigenvalue weighted by Crippen LogP contribution is 2.13. The van der Waals surface area contributed by atoms with Gasteiger partial charge in [-0.2, -0.15) is 0 Å². The second-order valence-electron chi connectivity index (χ2n) is 31.7. The Morgan fingerprint density at radius 3 is 0.240 bits per heavy atom. The number of aliphatic hydroxyl groups is 2. The van der Waals surface area contributed by atoms with E-state index in [-0.39, 0.29) is 6.61 Å². The van der Waals surface area contributed by atoms with Crippen LogP contribution < -0.4 is 0 Å². The maximum atomic E-state index is 10.0. The van der Waals surface area contributed by atoms with Crippen molar-refractivity contribution in [2.45, 2.75) is 558 Å². The Kier molecular flexibility index (Phi) is 169. The summed E-state index contributed by atoms with van der Waals surface area (Å²) < 4.78 is 0. The number of rotatable bonds is 73. The number of carboxylic acid groups (broad SMARTS) is 12. The van der Waals surface area contributed by atoms with Crippen LogP contribution in [0.4, 0.5) is 0 Å². The molecule has 1 unspecified atom stereocenters. The first-order valence-electron chi connectivity index (χ1n) is 49.4. The first-order valence-corrected chi connectivity index (χ1v) is 49.4. The Bertz CT molecular complexity index is 1660. The molecule has 0 aliphatic carbocycles. The molecule has 0 fully saturated rings. The third kappa shape index (κ3) is 248. The predicted octanol–water partition coefficient (Wildman–Crippen LogP) is 28.5. The average Bonchev–Trinajstić information content (AvgIpc) is 1.25. The van der Waals surface area contributed by atoms with Gasteiger partial charge in [0.05, 0.1) is 12.7 Å². The van der Waals surface area contributed by atoms with Crippen LogP contribution in [0, 0.1) is 0 Å². The molecule has 0 bridgehead atoms. The van der Waals surface area contributed by atoms with Crippen LogP contribution >= 0.6 is 0 Å². The van der Waals surface area contributed by atoms with E-state index in [9.17, 15) is 57.5 Å². The number of unbranched alkanes of at least 4 members (excludes halogenated alkanes) is 48. The molecule has 0 radical (unpaired) electrons. The van der Waals surface area contributed by atoms with Crippen molar-refractivity contribution in [3.05, 3.63) is 0 Å². The molecule has 752 valence electrons. The monoisotopic (exact) mass is 1810 g/mol. The van der Waals surface area contributed by atoms with Crippen molar-refractivity contribution in [2.24, 2.45) is 0 Å². The van der Waals surface area contributed by atoms with Gasteiger partial charge in [0.15, 0.2) is 0 Å². The molecule has 0 saturated carbocycles. The Morgan fingerprint density at radius 1 is 0.144 bits per heavy atom. The molecule has 125 heavy (non-hydrogen) atoms. The zero-order valence-electron chi connectivity index (χ0n) is 82.4. The van der Waals surface area contributed by atoms with Gasteiger partial charge in [0.1, 0.15) is 0 Å². The summed E-state index contributed by atoms with van der Waals surface area (Å²) in [7, 11) is 0. The highest BCUT2D eigenvalue weighted by Gasteiger charge is 2.04. The molecule has 0 amide bonds. The van der Waals surface area contributed by atoms with Crippen LogP contribution in [0.2, 0.25) is 0 Å². The molecule has 0 aromatic carbocycles. The Hall–Kier alpha value is -6.44. The van der Waals surface area contributed by atoms with E-state index in [0.717, 1.165) is 154 Å². The van der Waals surface area contributed by atoms with E-state index >= 15 is 0 Å². The van der Waals surface area contributed by atoms with Gasteiger partial charge in [-0.3, -0.25) is 57.5 Å². The van der Waals surface area contributed by atoms with E-state index in [2.05, 4.69) is 83.1 Å². The summed E-state index contributed by atoms with van der Waals surface area (Å²) in [6.07, 6.45) is 70.1. The molecule has 26 nitrogen and oxygen atoms in total. The largest absolute Gasteiger partial charge is 0.481 e. The Balaban J connectivity index is -0.0000000990. The molecule has 1 atom stereocenters. The number of aliphatic carboxylic acids is 12. The van der Waals surface area contributed by atoms with Crippen molar-refractivity contribution in [2.75, 3.05) is 6.61 Å². The lowest BCUT2D eigenvalue weighted by Crippen LogP contribution is -2.03. The van der Waals surface area contributed by atoms with Crippen LogP contribution in [0.5, 0.6) is 0 Å². The third-order valence-corrected chi connectivity index (χ3v) is 18.2.